The predicted octanol–water partition coefficient (Wildman–Crippen LogP) is 1.46. The van der Waals surface area contributed by atoms with Gasteiger partial charge in [0.15, 0.2) is 0 Å². The number of carbonyl (C=O) groups excluding carboxylic acids is 1. The number of pyridine rings is 1. The minimum atomic E-state index is -0.365. The van der Waals surface area contributed by atoms with Gasteiger partial charge in [-0.25, -0.2) is 0 Å². The van der Waals surface area contributed by atoms with E-state index in [-0.39, 0.29) is 11.9 Å². The zero-order valence-electron chi connectivity index (χ0n) is 12.3. The molecule has 5 heteroatoms. The van der Waals surface area contributed by atoms with Crippen LogP contribution in [-0.2, 0) is 11.2 Å². The molecule has 2 N–H and O–H groups in total. The van der Waals surface area contributed by atoms with Gasteiger partial charge in [-0.15, -0.1) is 0 Å². The molecule has 1 aliphatic heterocycles. The molecule has 1 aromatic carbocycles. The van der Waals surface area contributed by atoms with E-state index in [1.165, 1.54) is 0 Å². The summed E-state index contributed by atoms with van der Waals surface area (Å²) in [5.41, 5.74) is 2.05. The molecular formula is C17H19N3O2. The smallest absolute Gasteiger partial charge is 0.241 e. The Morgan fingerprint density at radius 2 is 2.09 bits per heavy atom. The first-order chi connectivity index (χ1) is 10.8. The van der Waals surface area contributed by atoms with Crippen molar-refractivity contribution in [1.29, 1.82) is 0 Å². The molecule has 5 nitrogen and oxygen atoms in total. The number of rotatable bonds is 4. The molecule has 0 fully saturated rings. The molecule has 1 unspecified atom stereocenters. The fourth-order valence-corrected chi connectivity index (χ4v) is 2.54. The van der Waals surface area contributed by atoms with Crippen LogP contribution in [0.15, 0.2) is 48.8 Å². The van der Waals surface area contributed by atoms with Crippen molar-refractivity contribution in [2.45, 2.75) is 12.5 Å². The number of fused-ring (bicyclic) bond motifs is 1. The summed E-state index contributed by atoms with van der Waals surface area (Å²) in [4.78, 5) is 16.4. The average molecular weight is 297 g/mol. The van der Waals surface area contributed by atoms with Gasteiger partial charge >= 0.3 is 0 Å². The fourth-order valence-electron chi connectivity index (χ4n) is 2.54. The maximum absolute atomic E-state index is 12.5. The second-order valence-corrected chi connectivity index (χ2v) is 5.17. The zero-order valence-corrected chi connectivity index (χ0v) is 12.3. The highest BCUT2D eigenvalue weighted by Crippen LogP contribution is 2.26. The van der Waals surface area contributed by atoms with Crippen molar-refractivity contribution >= 4 is 5.91 Å². The molecule has 2 aromatic rings. The molecule has 0 radical (unpaired) electrons. The number of nitrogens with one attached hydrogen (secondary N) is 2. The van der Waals surface area contributed by atoms with Gasteiger partial charge in [0.25, 0.3) is 0 Å². The van der Waals surface area contributed by atoms with Gasteiger partial charge in [-0.3, -0.25) is 15.1 Å². The van der Waals surface area contributed by atoms with Gasteiger partial charge in [0.05, 0.1) is 0 Å². The summed E-state index contributed by atoms with van der Waals surface area (Å²) in [6.45, 7) is 1.82. The second-order valence-electron chi connectivity index (χ2n) is 5.17. The van der Waals surface area contributed by atoms with Gasteiger partial charge in [0.1, 0.15) is 18.4 Å². The minimum absolute atomic E-state index is 0.0213. The molecule has 0 saturated heterocycles. The highest BCUT2D eigenvalue weighted by atomic mass is 16.5. The van der Waals surface area contributed by atoms with Crippen molar-refractivity contribution in [2.24, 2.45) is 0 Å². The van der Waals surface area contributed by atoms with Crippen LogP contribution in [0.25, 0.3) is 0 Å². The fraction of sp³-hybridized carbons (Fsp3) is 0.294. The van der Waals surface area contributed by atoms with Gasteiger partial charge in [-0.1, -0.05) is 18.2 Å². The lowest BCUT2D eigenvalue weighted by atomic mass is 10.0. The van der Waals surface area contributed by atoms with Gasteiger partial charge < -0.3 is 10.1 Å². The summed E-state index contributed by atoms with van der Waals surface area (Å²) in [6, 6.07) is 11.2. The number of ether oxygens (including phenoxy) is 1. The van der Waals surface area contributed by atoms with Crippen molar-refractivity contribution in [3.8, 4) is 5.75 Å². The van der Waals surface area contributed by atoms with Crippen molar-refractivity contribution in [1.82, 2.24) is 15.6 Å². The van der Waals surface area contributed by atoms with Crippen LogP contribution in [-0.4, -0.2) is 30.6 Å². The van der Waals surface area contributed by atoms with E-state index >= 15 is 0 Å². The Labute approximate surface area is 129 Å². The average Bonchev–Trinajstić information content (AvgIpc) is 2.78. The summed E-state index contributed by atoms with van der Waals surface area (Å²) in [5.74, 6) is 0.758. The molecule has 1 amide bonds. The van der Waals surface area contributed by atoms with Crippen molar-refractivity contribution in [3.05, 3.63) is 59.9 Å². The number of para-hydroxylation sites is 1. The monoisotopic (exact) mass is 297 g/mol. The van der Waals surface area contributed by atoms with Crippen molar-refractivity contribution < 1.29 is 9.53 Å². The van der Waals surface area contributed by atoms with Gasteiger partial charge in [-0.2, -0.15) is 0 Å². The summed E-state index contributed by atoms with van der Waals surface area (Å²) >= 11 is 0. The molecule has 0 saturated carbocycles. The Hall–Kier alpha value is -2.40. The standard InChI is InChI=1S/C17H19N3O2/c21-17(20-10-7-13-5-8-18-9-6-13)16-14-3-1-2-4-15(14)22-12-11-19-16/h1-6,8-9,16,19H,7,10-12H2,(H,20,21). The maximum Gasteiger partial charge on any atom is 0.241 e. The van der Waals surface area contributed by atoms with E-state index in [1.807, 2.05) is 36.4 Å². The number of carbonyl (C=O) groups is 1. The summed E-state index contributed by atoms with van der Waals surface area (Å²) in [6.07, 6.45) is 4.31. The molecule has 2 heterocycles. The van der Waals surface area contributed by atoms with E-state index in [9.17, 15) is 4.79 Å². The van der Waals surface area contributed by atoms with Crippen LogP contribution in [0.4, 0.5) is 0 Å². The predicted molar refractivity (Wildman–Crippen MR) is 83.6 cm³/mol. The largest absolute Gasteiger partial charge is 0.492 e. The van der Waals surface area contributed by atoms with Crippen LogP contribution in [0.5, 0.6) is 5.75 Å². The molecule has 1 aromatic heterocycles. The summed E-state index contributed by atoms with van der Waals surface area (Å²) < 4.78 is 5.65. The van der Waals surface area contributed by atoms with Crippen LogP contribution >= 0.6 is 0 Å². The van der Waals surface area contributed by atoms with E-state index in [2.05, 4.69) is 15.6 Å². The Morgan fingerprint density at radius 1 is 1.27 bits per heavy atom. The van der Waals surface area contributed by atoms with Crippen LogP contribution in [0.2, 0.25) is 0 Å². The lowest BCUT2D eigenvalue weighted by molar-refractivity contribution is -0.123. The first-order valence-corrected chi connectivity index (χ1v) is 7.46. The first kappa shape index (κ1) is 14.5. The quantitative estimate of drug-likeness (QED) is 0.897. The minimum Gasteiger partial charge on any atom is -0.492 e. The van der Waals surface area contributed by atoms with E-state index in [1.54, 1.807) is 12.4 Å². The molecular weight excluding hydrogens is 278 g/mol. The number of amides is 1. The summed E-state index contributed by atoms with van der Waals surface area (Å²) in [5, 5.41) is 6.23. The lowest BCUT2D eigenvalue weighted by Gasteiger charge is -2.17. The van der Waals surface area contributed by atoms with Crippen LogP contribution in [0.3, 0.4) is 0 Å². The van der Waals surface area contributed by atoms with Crippen molar-refractivity contribution in [2.75, 3.05) is 19.7 Å². The van der Waals surface area contributed by atoms with Crippen molar-refractivity contribution in [3.63, 3.8) is 0 Å². The Kier molecular flexibility index (Phi) is 4.65. The summed E-state index contributed by atoms with van der Waals surface area (Å²) in [7, 11) is 0. The topological polar surface area (TPSA) is 63.2 Å². The molecule has 22 heavy (non-hydrogen) atoms. The molecule has 0 aliphatic carbocycles. The maximum atomic E-state index is 12.5. The van der Waals surface area contributed by atoms with E-state index in [0.717, 1.165) is 23.3 Å². The van der Waals surface area contributed by atoms with Gasteiger partial charge in [-0.05, 0) is 30.2 Å². The zero-order chi connectivity index (χ0) is 15.2. The van der Waals surface area contributed by atoms with E-state index in [4.69, 9.17) is 4.74 Å². The highest BCUT2D eigenvalue weighted by molar-refractivity contribution is 5.84. The number of hydrogen-bond acceptors (Lipinski definition) is 4. The van der Waals surface area contributed by atoms with Crippen LogP contribution in [0, 0.1) is 0 Å². The SMILES string of the molecule is O=C(NCCc1ccncc1)C1NCCOc2ccccc21. The number of benzene rings is 1. The first-order valence-electron chi connectivity index (χ1n) is 7.46. The third-order valence-electron chi connectivity index (χ3n) is 3.66. The molecule has 3 rings (SSSR count). The second kappa shape index (κ2) is 7.04. The lowest BCUT2D eigenvalue weighted by Crippen LogP contribution is -2.38. The molecule has 114 valence electrons. The molecule has 0 spiro atoms. The molecule has 0 bridgehead atoms. The number of aromatic nitrogens is 1. The highest BCUT2D eigenvalue weighted by Gasteiger charge is 2.25. The van der Waals surface area contributed by atoms with Gasteiger partial charge in [0, 0.05) is 31.0 Å². The van der Waals surface area contributed by atoms with E-state index < -0.39 is 0 Å². The Morgan fingerprint density at radius 3 is 2.95 bits per heavy atom. The third-order valence-corrected chi connectivity index (χ3v) is 3.66. The van der Waals surface area contributed by atoms with Crippen LogP contribution in [0.1, 0.15) is 17.2 Å². The normalized spacial score (nSPS) is 17.0. The molecule has 1 atom stereocenters. The van der Waals surface area contributed by atoms with E-state index in [0.29, 0.717) is 19.7 Å². The van der Waals surface area contributed by atoms with Crippen LogP contribution < -0.4 is 15.4 Å². The number of hydrogen-bond donors (Lipinski definition) is 2. The van der Waals surface area contributed by atoms with Gasteiger partial charge in [0.2, 0.25) is 5.91 Å². The Balaban J connectivity index is 1.62. The molecule has 1 aliphatic rings. The number of nitrogens with zero attached hydrogens (tertiary/aromatic N) is 1. The third kappa shape index (κ3) is 3.43. The Bertz CT molecular complexity index is 631.